The number of hydrogen-bond acceptors (Lipinski definition) is 5. The van der Waals surface area contributed by atoms with Crippen LogP contribution < -0.4 is 4.72 Å². The first-order valence-corrected chi connectivity index (χ1v) is 11.9. The number of fused-ring (bicyclic) bond motifs is 1. The van der Waals surface area contributed by atoms with Gasteiger partial charge in [0.2, 0.25) is 10.0 Å². The Morgan fingerprint density at radius 3 is 2.65 bits per heavy atom. The Labute approximate surface area is 193 Å². The highest BCUT2D eigenvalue weighted by Crippen LogP contribution is 2.25. The predicted molar refractivity (Wildman–Crippen MR) is 120 cm³/mol. The Bertz CT molecular complexity index is 1500. The van der Waals surface area contributed by atoms with Gasteiger partial charge in [-0.3, -0.25) is 9.52 Å². The number of sulfonamides is 1. The summed E-state index contributed by atoms with van der Waals surface area (Å²) in [5.41, 5.74) is 0.396. The molecule has 4 aromatic rings. The van der Waals surface area contributed by atoms with Gasteiger partial charge in [-0.25, -0.2) is 31.1 Å². The van der Waals surface area contributed by atoms with E-state index in [9.17, 15) is 26.4 Å². The van der Waals surface area contributed by atoms with Crippen molar-refractivity contribution < 1.29 is 26.4 Å². The molecule has 0 spiro atoms. The monoisotopic (exact) mass is 488 g/mol. The zero-order valence-corrected chi connectivity index (χ0v) is 18.7. The number of ketones is 1. The Morgan fingerprint density at radius 1 is 1.12 bits per heavy atom. The maximum atomic E-state index is 14.9. The lowest BCUT2D eigenvalue weighted by Gasteiger charge is -2.11. The molecule has 34 heavy (non-hydrogen) atoms. The normalized spacial score (nSPS) is 11.6. The summed E-state index contributed by atoms with van der Waals surface area (Å²) in [5, 5.41) is 4.32. The van der Waals surface area contributed by atoms with E-state index in [0.717, 1.165) is 12.1 Å². The van der Waals surface area contributed by atoms with Crippen LogP contribution in [0.5, 0.6) is 0 Å². The Morgan fingerprint density at radius 2 is 1.91 bits per heavy atom. The molecule has 0 bridgehead atoms. The number of nitrogens with zero attached hydrogens (tertiary/aromatic N) is 3. The first-order chi connectivity index (χ1) is 16.2. The van der Waals surface area contributed by atoms with Crippen LogP contribution in [-0.4, -0.2) is 34.6 Å². The van der Waals surface area contributed by atoms with Crippen molar-refractivity contribution in [3.63, 3.8) is 0 Å². The molecule has 0 radical (unpaired) electrons. The van der Waals surface area contributed by atoms with E-state index in [0.29, 0.717) is 28.9 Å². The van der Waals surface area contributed by atoms with Crippen LogP contribution in [0.25, 0.3) is 16.9 Å². The summed E-state index contributed by atoms with van der Waals surface area (Å²) >= 11 is 0. The fourth-order valence-corrected chi connectivity index (χ4v) is 4.58. The van der Waals surface area contributed by atoms with E-state index < -0.39 is 50.9 Å². The number of carbonyl (C=O) groups is 1. The quantitative estimate of drug-likeness (QED) is 0.372. The fourth-order valence-electron chi connectivity index (χ4n) is 3.44. The molecular formula is C23H19F3N4O3S. The Kier molecular flexibility index (Phi) is 6.38. The van der Waals surface area contributed by atoms with Crippen molar-refractivity contribution in [2.24, 2.45) is 0 Å². The maximum absolute atomic E-state index is 14.9. The van der Waals surface area contributed by atoms with Crippen LogP contribution in [0.3, 0.4) is 0 Å². The molecule has 11 heteroatoms. The van der Waals surface area contributed by atoms with E-state index in [1.807, 2.05) is 4.72 Å². The number of benzene rings is 2. The zero-order chi connectivity index (χ0) is 24.5. The van der Waals surface area contributed by atoms with E-state index in [-0.39, 0.29) is 5.75 Å². The number of anilines is 1. The van der Waals surface area contributed by atoms with Crippen molar-refractivity contribution in [1.29, 1.82) is 0 Å². The van der Waals surface area contributed by atoms with E-state index in [2.05, 4.69) is 10.1 Å². The van der Waals surface area contributed by atoms with Gasteiger partial charge in [-0.15, -0.1) is 0 Å². The average molecular weight is 488 g/mol. The average Bonchev–Trinajstić information content (AvgIpc) is 3.19. The molecule has 1 N–H and O–H groups in total. The summed E-state index contributed by atoms with van der Waals surface area (Å²) < 4.78 is 70.1. The highest BCUT2D eigenvalue weighted by molar-refractivity contribution is 7.92. The largest absolute Gasteiger partial charge is 0.294 e. The lowest BCUT2D eigenvalue weighted by molar-refractivity contribution is 0.0984. The highest BCUT2D eigenvalue weighted by Gasteiger charge is 2.23. The molecule has 0 saturated heterocycles. The van der Waals surface area contributed by atoms with Crippen LogP contribution in [0.15, 0.2) is 54.9 Å². The van der Waals surface area contributed by atoms with Crippen LogP contribution in [0.2, 0.25) is 0 Å². The summed E-state index contributed by atoms with van der Waals surface area (Å²) in [6.45, 7) is 1.64. The minimum Gasteiger partial charge on any atom is -0.294 e. The third-order valence-electron chi connectivity index (χ3n) is 4.96. The maximum Gasteiger partial charge on any atom is 0.232 e. The lowest BCUT2D eigenvalue weighted by Crippen LogP contribution is -2.19. The highest BCUT2D eigenvalue weighted by atomic mass is 32.2. The van der Waals surface area contributed by atoms with Gasteiger partial charge in [-0.2, -0.15) is 5.10 Å². The molecular weight excluding hydrogens is 469 g/mol. The van der Waals surface area contributed by atoms with Crippen molar-refractivity contribution in [2.75, 3.05) is 10.5 Å². The molecule has 176 valence electrons. The third kappa shape index (κ3) is 4.93. The standard InChI is InChI=1S/C23H19F3N4O3S/c1-2-8-34(32,33)29-18-7-6-17(25)22(23(18)26)20(31)9-14-12-27-21-11-19(28-30(21)13-14)15-4-3-5-16(24)10-15/h3-7,10-13,29H,2,8-9H2,1H3. The minimum absolute atomic E-state index is 0.250. The van der Waals surface area contributed by atoms with Gasteiger partial charge >= 0.3 is 0 Å². The first kappa shape index (κ1) is 23.4. The number of hydrogen-bond donors (Lipinski definition) is 1. The number of rotatable bonds is 8. The van der Waals surface area contributed by atoms with E-state index >= 15 is 0 Å². The second-order valence-corrected chi connectivity index (χ2v) is 9.45. The van der Waals surface area contributed by atoms with Crippen LogP contribution in [-0.2, 0) is 16.4 Å². The number of aromatic nitrogens is 3. The van der Waals surface area contributed by atoms with Crippen LogP contribution in [0.4, 0.5) is 18.9 Å². The zero-order valence-electron chi connectivity index (χ0n) is 17.9. The number of halogens is 3. The van der Waals surface area contributed by atoms with E-state index in [4.69, 9.17) is 0 Å². The van der Waals surface area contributed by atoms with Gasteiger partial charge < -0.3 is 0 Å². The molecule has 0 atom stereocenters. The predicted octanol–water partition coefficient (Wildman–Crippen LogP) is 4.39. The van der Waals surface area contributed by atoms with Crippen molar-refractivity contribution in [3.8, 4) is 11.3 Å². The topological polar surface area (TPSA) is 93.4 Å². The van der Waals surface area contributed by atoms with Crippen molar-refractivity contribution in [3.05, 3.63) is 83.4 Å². The summed E-state index contributed by atoms with van der Waals surface area (Å²) in [7, 11) is -3.84. The van der Waals surface area contributed by atoms with Crippen molar-refractivity contribution >= 4 is 27.1 Å². The SMILES string of the molecule is CCCS(=O)(=O)Nc1ccc(F)c(C(=O)Cc2cnc3cc(-c4cccc(F)c4)nn3c2)c1F. The van der Waals surface area contributed by atoms with Crippen LogP contribution in [0, 0.1) is 17.5 Å². The fraction of sp³-hybridized carbons (Fsp3) is 0.174. The van der Waals surface area contributed by atoms with Crippen molar-refractivity contribution in [1.82, 2.24) is 14.6 Å². The molecule has 2 heterocycles. The molecule has 0 aliphatic heterocycles. The first-order valence-electron chi connectivity index (χ1n) is 10.3. The Hall–Kier alpha value is -3.73. The molecule has 4 rings (SSSR count). The smallest absolute Gasteiger partial charge is 0.232 e. The van der Waals surface area contributed by atoms with Gasteiger partial charge in [0.25, 0.3) is 0 Å². The number of carbonyl (C=O) groups excluding carboxylic acids is 1. The van der Waals surface area contributed by atoms with E-state index in [1.165, 1.54) is 29.0 Å². The van der Waals surface area contributed by atoms with Gasteiger partial charge in [0.05, 0.1) is 22.7 Å². The molecule has 0 fully saturated rings. The summed E-state index contributed by atoms with van der Waals surface area (Å²) in [6, 6.07) is 9.25. The van der Waals surface area contributed by atoms with Gasteiger partial charge in [0, 0.05) is 30.4 Å². The molecule has 0 aliphatic rings. The van der Waals surface area contributed by atoms with Crippen LogP contribution >= 0.6 is 0 Å². The molecule has 0 unspecified atom stereocenters. The van der Waals surface area contributed by atoms with Crippen molar-refractivity contribution in [2.45, 2.75) is 19.8 Å². The van der Waals surface area contributed by atoms with Gasteiger partial charge in [-0.1, -0.05) is 19.1 Å². The summed E-state index contributed by atoms with van der Waals surface area (Å²) in [6.07, 6.45) is 2.74. The molecule has 0 aliphatic carbocycles. The summed E-state index contributed by atoms with van der Waals surface area (Å²) in [4.78, 5) is 16.9. The number of nitrogens with one attached hydrogen (secondary N) is 1. The Balaban J connectivity index is 1.61. The lowest BCUT2D eigenvalue weighted by atomic mass is 10.0. The van der Waals surface area contributed by atoms with Gasteiger partial charge in [0.1, 0.15) is 11.6 Å². The second kappa shape index (κ2) is 9.26. The second-order valence-electron chi connectivity index (χ2n) is 7.61. The van der Waals surface area contributed by atoms with Gasteiger partial charge in [0.15, 0.2) is 17.2 Å². The third-order valence-corrected chi connectivity index (χ3v) is 6.44. The minimum atomic E-state index is -3.84. The number of Topliss-reactive ketones (excluding diaryl/α,β-unsaturated/α-hetero) is 1. The molecule has 7 nitrogen and oxygen atoms in total. The molecule has 2 aromatic heterocycles. The molecule has 0 amide bonds. The molecule has 2 aromatic carbocycles. The van der Waals surface area contributed by atoms with Gasteiger partial charge in [-0.05, 0) is 36.2 Å². The van der Waals surface area contributed by atoms with Crippen LogP contribution in [0.1, 0.15) is 29.3 Å². The molecule has 0 saturated carbocycles. The van der Waals surface area contributed by atoms with E-state index in [1.54, 1.807) is 25.1 Å². The summed E-state index contributed by atoms with van der Waals surface area (Å²) in [5.74, 6) is -3.96.